The molecular weight excluding hydrogens is 548 g/mol. The summed E-state index contributed by atoms with van der Waals surface area (Å²) in [6, 6.07) is 25.9. The van der Waals surface area contributed by atoms with Crippen molar-refractivity contribution >= 4 is 27.5 Å². The fourth-order valence-corrected chi connectivity index (χ4v) is 5.80. The molecule has 10 heteroatoms. The highest BCUT2D eigenvalue weighted by molar-refractivity contribution is 7.92. The number of nitrogens with zero attached hydrogens (tertiary/aromatic N) is 2. The Hall–Kier alpha value is -4.57. The minimum Gasteiger partial charge on any atom is -0.357 e. The molecule has 0 spiro atoms. The van der Waals surface area contributed by atoms with E-state index in [1.54, 1.807) is 18.2 Å². The molecule has 4 aromatic carbocycles. The molecule has 0 aliphatic carbocycles. The van der Waals surface area contributed by atoms with Crippen molar-refractivity contribution in [3.63, 3.8) is 0 Å². The SMILES string of the molecule is CNC(=O)[C@H](Cc1ccccc1)N(Cc1ccc(F)cc1)C(=O)CN(c1ccc(F)cc1)S(=O)(=O)c1ccccc1. The summed E-state index contributed by atoms with van der Waals surface area (Å²) in [6.45, 7) is -0.765. The number of anilines is 1. The van der Waals surface area contributed by atoms with Crippen LogP contribution in [0, 0.1) is 11.6 Å². The molecule has 212 valence electrons. The quantitative estimate of drug-likeness (QED) is 0.284. The number of nitrogens with one attached hydrogen (secondary N) is 1. The number of hydrogen-bond acceptors (Lipinski definition) is 4. The molecule has 1 N–H and O–H groups in total. The smallest absolute Gasteiger partial charge is 0.264 e. The third-order valence-corrected chi connectivity index (χ3v) is 8.30. The second-order valence-electron chi connectivity index (χ2n) is 9.27. The van der Waals surface area contributed by atoms with Gasteiger partial charge in [-0.25, -0.2) is 17.2 Å². The number of carbonyl (C=O) groups excluding carboxylic acids is 2. The molecule has 0 aliphatic rings. The van der Waals surface area contributed by atoms with E-state index < -0.39 is 46.1 Å². The Morgan fingerprint density at radius 2 is 1.29 bits per heavy atom. The van der Waals surface area contributed by atoms with Crippen molar-refractivity contribution in [3.8, 4) is 0 Å². The molecule has 0 aliphatic heterocycles. The zero-order chi connectivity index (χ0) is 29.4. The van der Waals surface area contributed by atoms with Gasteiger partial charge < -0.3 is 10.2 Å². The summed E-state index contributed by atoms with van der Waals surface area (Å²) >= 11 is 0. The van der Waals surface area contributed by atoms with Crippen LogP contribution in [0.5, 0.6) is 0 Å². The topological polar surface area (TPSA) is 86.8 Å². The lowest BCUT2D eigenvalue weighted by Gasteiger charge is -2.33. The maximum absolute atomic E-state index is 14.1. The molecule has 4 rings (SSSR count). The van der Waals surface area contributed by atoms with Crippen molar-refractivity contribution in [2.75, 3.05) is 17.9 Å². The zero-order valence-electron chi connectivity index (χ0n) is 22.3. The molecule has 0 bridgehead atoms. The van der Waals surface area contributed by atoms with Gasteiger partial charge >= 0.3 is 0 Å². The molecular formula is C31H29F2N3O4S. The van der Waals surface area contributed by atoms with Crippen molar-refractivity contribution < 1.29 is 26.8 Å². The lowest BCUT2D eigenvalue weighted by molar-refractivity contribution is -0.139. The van der Waals surface area contributed by atoms with E-state index in [0.29, 0.717) is 5.56 Å². The Balaban J connectivity index is 1.77. The highest BCUT2D eigenvalue weighted by Crippen LogP contribution is 2.25. The van der Waals surface area contributed by atoms with Gasteiger partial charge in [0.25, 0.3) is 10.0 Å². The van der Waals surface area contributed by atoms with Crippen LogP contribution < -0.4 is 9.62 Å². The van der Waals surface area contributed by atoms with Gasteiger partial charge in [-0.15, -0.1) is 0 Å². The Labute approximate surface area is 238 Å². The number of benzene rings is 4. The first kappa shape index (κ1) is 29.4. The van der Waals surface area contributed by atoms with E-state index in [2.05, 4.69) is 5.32 Å². The molecule has 0 fully saturated rings. The normalized spacial score (nSPS) is 11.9. The maximum atomic E-state index is 14.1. The minimum atomic E-state index is -4.27. The van der Waals surface area contributed by atoms with Crippen LogP contribution >= 0.6 is 0 Å². The number of rotatable bonds is 11. The molecule has 7 nitrogen and oxygen atoms in total. The highest BCUT2D eigenvalue weighted by atomic mass is 32.2. The lowest BCUT2D eigenvalue weighted by atomic mass is 10.0. The van der Waals surface area contributed by atoms with Gasteiger partial charge in [0.15, 0.2) is 0 Å². The molecule has 0 saturated carbocycles. The number of hydrogen-bond donors (Lipinski definition) is 1. The molecule has 4 aromatic rings. The Morgan fingerprint density at radius 3 is 1.85 bits per heavy atom. The van der Waals surface area contributed by atoms with Crippen molar-refractivity contribution in [1.29, 1.82) is 0 Å². The van der Waals surface area contributed by atoms with E-state index in [9.17, 15) is 26.8 Å². The predicted octanol–water partition coefficient (Wildman–Crippen LogP) is 4.55. The highest BCUT2D eigenvalue weighted by Gasteiger charge is 2.34. The van der Waals surface area contributed by atoms with Crippen molar-refractivity contribution in [1.82, 2.24) is 10.2 Å². The maximum Gasteiger partial charge on any atom is 0.264 e. The van der Waals surface area contributed by atoms with Crippen molar-refractivity contribution in [2.24, 2.45) is 0 Å². The molecule has 0 aromatic heterocycles. The van der Waals surface area contributed by atoms with Gasteiger partial charge in [-0.05, 0) is 59.7 Å². The Morgan fingerprint density at radius 1 is 0.756 bits per heavy atom. The summed E-state index contributed by atoms with van der Waals surface area (Å²) in [4.78, 5) is 28.5. The van der Waals surface area contributed by atoms with Gasteiger partial charge in [-0.3, -0.25) is 13.9 Å². The largest absolute Gasteiger partial charge is 0.357 e. The van der Waals surface area contributed by atoms with E-state index in [0.717, 1.165) is 22.0 Å². The third-order valence-electron chi connectivity index (χ3n) is 6.51. The number of sulfonamides is 1. The van der Waals surface area contributed by atoms with E-state index in [-0.39, 0.29) is 23.5 Å². The van der Waals surface area contributed by atoms with Gasteiger partial charge in [0.1, 0.15) is 24.2 Å². The third kappa shape index (κ3) is 7.34. The van der Waals surface area contributed by atoms with E-state index in [4.69, 9.17) is 0 Å². The van der Waals surface area contributed by atoms with Crippen LogP contribution in [-0.4, -0.2) is 44.8 Å². The molecule has 0 unspecified atom stereocenters. The monoisotopic (exact) mass is 577 g/mol. The predicted molar refractivity (Wildman–Crippen MR) is 152 cm³/mol. The van der Waals surface area contributed by atoms with Gasteiger partial charge in [0.05, 0.1) is 10.6 Å². The first-order chi connectivity index (χ1) is 19.7. The summed E-state index contributed by atoms with van der Waals surface area (Å²) < 4.78 is 55.8. The summed E-state index contributed by atoms with van der Waals surface area (Å²) in [6.07, 6.45) is 0.148. The number of likely N-dealkylation sites (N-methyl/N-ethyl adjacent to an activating group) is 1. The van der Waals surface area contributed by atoms with Gasteiger partial charge in [-0.1, -0.05) is 60.7 Å². The first-order valence-electron chi connectivity index (χ1n) is 12.8. The van der Waals surface area contributed by atoms with Crippen LogP contribution in [0.25, 0.3) is 0 Å². The second-order valence-corrected chi connectivity index (χ2v) is 11.1. The number of amides is 2. The summed E-state index contributed by atoms with van der Waals surface area (Å²) in [5.74, 6) is -2.17. The summed E-state index contributed by atoms with van der Waals surface area (Å²) in [7, 11) is -2.82. The van der Waals surface area contributed by atoms with E-state index in [1.165, 1.54) is 60.5 Å². The van der Waals surface area contributed by atoms with E-state index in [1.807, 2.05) is 30.3 Å². The van der Waals surface area contributed by atoms with Crippen LogP contribution in [0.4, 0.5) is 14.5 Å². The Kier molecular flexibility index (Phi) is 9.46. The minimum absolute atomic E-state index is 0.0608. The summed E-state index contributed by atoms with van der Waals surface area (Å²) in [5, 5.41) is 2.60. The van der Waals surface area contributed by atoms with Crippen LogP contribution in [0.15, 0.2) is 114 Å². The van der Waals surface area contributed by atoms with Gasteiger partial charge in [0.2, 0.25) is 11.8 Å². The molecule has 0 heterocycles. The van der Waals surface area contributed by atoms with Crippen LogP contribution in [0.3, 0.4) is 0 Å². The molecule has 2 amide bonds. The fourth-order valence-electron chi connectivity index (χ4n) is 4.36. The molecule has 41 heavy (non-hydrogen) atoms. The molecule has 0 radical (unpaired) electrons. The number of carbonyl (C=O) groups is 2. The van der Waals surface area contributed by atoms with Crippen LogP contribution in [0.1, 0.15) is 11.1 Å². The van der Waals surface area contributed by atoms with Crippen molar-refractivity contribution in [2.45, 2.75) is 23.9 Å². The second kappa shape index (κ2) is 13.2. The first-order valence-corrected chi connectivity index (χ1v) is 14.3. The average molecular weight is 578 g/mol. The van der Waals surface area contributed by atoms with E-state index >= 15 is 0 Å². The standard InChI is InChI=1S/C31H29F2N3O4S/c1-34-31(38)29(20-23-8-4-2-5-9-23)35(21-24-12-14-25(32)15-13-24)30(37)22-36(27-18-16-26(33)17-19-27)41(39,40)28-10-6-3-7-11-28/h2-19,29H,20-22H2,1H3,(H,34,38)/t29-/m0/s1. The summed E-state index contributed by atoms with van der Waals surface area (Å²) in [5.41, 5.74) is 1.40. The molecule has 0 saturated heterocycles. The average Bonchev–Trinajstić information content (AvgIpc) is 2.99. The van der Waals surface area contributed by atoms with Crippen molar-refractivity contribution in [3.05, 3.63) is 132 Å². The van der Waals surface area contributed by atoms with Gasteiger partial charge in [-0.2, -0.15) is 0 Å². The van der Waals surface area contributed by atoms with Gasteiger partial charge in [0, 0.05) is 20.0 Å². The number of halogens is 2. The fraction of sp³-hybridized carbons (Fsp3) is 0.161. The van der Waals surface area contributed by atoms with Crippen LogP contribution in [0.2, 0.25) is 0 Å². The molecule has 1 atom stereocenters. The Bertz CT molecular complexity index is 1570. The lowest BCUT2D eigenvalue weighted by Crippen LogP contribution is -2.53. The zero-order valence-corrected chi connectivity index (χ0v) is 23.1. The van der Waals surface area contributed by atoms with Crippen LogP contribution in [-0.2, 0) is 32.6 Å².